The van der Waals surface area contributed by atoms with E-state index < -0.39 is 0 Å². The Balaban J connectivity index is 2.74. The molecule has 0 spiro atoms. The number of nitrogens with zero attached hydrogens (tertiary/aromatic N) is 1. The van der Waals surface area contributed by atoms with Gasteiger partial charge in [-0.05, 0) is 38.3 Å². The van der Waals surface area contributed by atoms with E-state index in [1.54, 1.807) is 11.8 Å². The normalized spacial score (nSPS) is 12.4. The molecule has 1 rings (SSSR count). The average molecular weight is 326 g/mol. The molecule has 0 bridgehead atoms. The fourth-order valence-corrected chi connectivity index (χ4v) is 3.24. The van der Waals surface area contributed by atoms with Gasteiger partial charge in [0.05, 0.1) is 0 Å². The van der Waals surface area contributed by atoms with Crippen molar-refractivity contribution in [3.05, 3.63) is 23.8 Å². The predicted molar refractivity (Wildman–Crippen MR) is 99.6 cm³/mol. The van der Waals surface area contributed by atoms with E-state index in [4.69, 9.17) is 18.0 Å². The highest BCUT2D eigenvalue weighted by atomic mass is 32.2. The number of nitrogens with one attached hydrogen (secondary N) is 1. The summed E-state index contributed by atoms with van der Waals surface area (Å²) in [5.41, 5.74) is 7.93. The fourth-order valence-electron chi connectivity index (χ4n) is 2.11. The standard InChI is InChI=1S/C16H27N3S2/c1-5-12(3)19(4)11-10-18-13-8-7-9-14(21-6-2)15(13)16(17)20/h7-9,12,18H,5-6,10-11H2,1-4H3,(H2,17,20). The van der Waals surface area contributed by atoms with Crippen molar-refractivity contribution in [3.8, 4) is 0 Å². The molecule has 0 radical (unpaired) electrons. The van der Waals surface area contributed by atoms with Gasteiger partial charge in [0, 0.05) is 35.3 Å². The van der Waals surface area contributed by atoms with Crippen LogP contribution in [0.5, 0.6) is 0 Å². The Morgan fingerprint density at radius 3 is 2.71 bits per heavy atom. The molecule has 0 aromatic heterocycles. The molecule has 0 saturated heterocycles. The molecule has 0 aliphatic carbocycles. The molecule has 1 aromatic rings. The van der Waals surface area contributed by atoms with E-state index >= 15 is 0 Å². The van der Waals surface area contributed by atoms with E-state index in [1.807, 2.05) is 0 Å². The Morgan fingerprint density at radius 1 is 1.43 bits per heavy atom. The van der Waals surface area contributed by atoms with Crippen molar-refractivity contribution < 1.29 is 0 Å². The summed E-state index contributed by atoms with van der Waals surface area (Å²) in [6.07, 6.45) is 1.16. The van der Waals surface area contributed by atoms with Crippen LogP contribution < -0.4 is 11.1 Å². The number of thiocarbonyl (C=S) groups is 1. The topological polar surface area (TPSA) is 41.3 Å². The summed E-state index contributed by atoms with van der Waals surface area (Å²) in [6.45, 7) is 8.48. The molecule has 0 fully saturated rings. The number of rotatable bonds is 9. The molecule has 3 nitrogen and oxygen atoms in total. The van der Waals surface area contributed by atoms with E-state index in [1.165, 1.54) is 0 Å². The fraction of sp³-hybridized carbons (Fsp3) is 0.562. The third-order valence-corrected chi connectivity index (χ3v) is 4.84. The summed E-state index contributed by atoms with van der Waals surface area (Å²) in [7, 11) is 2.16. The number of likely N-dealkylation sites (N-methyl/N-ethyl adjacent to an activating group) is 1. The Kier molecular flexibility index (Phi) is 8.07. The predicted octanol–water partition coefficient (Wildman–Crippen LogP) is 3.58. The number of hydrogen-bond acceptors (Lipinski definition) is 4. The molecule has 1 aromatic carbocycles. The van der Waals surface area contributed by atoms with Gasteiger partial charge in [0.25, 0.3) is 0 Å². The van der Waals surface area contributed by atoms with Gasteiger partial charge in [-0.15, -0.1) is 11.8 Å². The second-order valence-electron chi connectivity index (χ2n) is 5.14. The Labute approximate surface area is 138 Å². The smallest absolute Gasteiger partial charge is 0.107 e. The molecule has 21 heavy (non-hydrogen) atoms. The maximum atomic E-state index is 5.91. The minimum atomic E-state index is 0.462. The van der Waals surface area contributed by atoms with Crippen LogP contribution in [0.25, 0.3) is 0 Å². The Morgan fingerprint density at radius 2 is 2.14 bits per heavy atom. The second-order valence-corrected chi connectivity index (χ2v) is 6.89. The zero-order valence-electron chi connectivity index (χ0n) is 13.5. The third-order valence-electron chi connectivity index (χ3n) is 3.70. The van der Waals surface area contributed by atoms with Crippen molar-refractivity contribution in [2.24, 2.45) is 5.73 Å². The molecule has 0 aliphatic rings. The maximum absolute atomic E-state index is 5.91. The van der Waals surface area contributed by atoms with E-state index in [-0.39, 0.29) is 0 Å². The molecular weight excluding hydrogens is 298 g/mol. The molecule has 5 heteroatoms. The Hall–Kier alpha value is -0.780. The van der Waals surface area contributed by atoms with Gasteiger partial charge < -0.3 is 16.0 Å². The summed E-state index contributed by atoms with van der Waals surface area (Å²) < 4.78 is 0. The number of benzene rings is 1. The van der Waals surface area contributed by atoms with Crippen molar-refractivity contribution in [3.63, 3.8) is 0 Å². The molecule has 1 atom stereocenters. The van der Waals surface area contributed by atoms with Crippen LogP contribution in [0.3, 0.4) is 0 Å². The van der Waals surface area contributed by atoms with Crippen LogP contribution >= 0.6 is 24.0 Å². The van der Waals surface area contributed by atoms with Gasteiger partial charge in [-0.1, -0.05) is 32.1 Å². The summed E-state index contributed by atoms with van der Waals surface area (Å²) in [5.74, 6) is 1.01. The van der Waals surface area contributed by atoms with Crippen LogP contribution in [-0.4, -0.2) is 41.8 Å². The summed E-state index contributed by atoms with van der Waals surface area (Å²) in [4.78, 5) is 3.98. The zero-order chi connectivity index (χ0) is 15.8. The van der Waals surface area contributed by atoms with Crippen LogP contribution in [0, 0.1) is 0 Å². The SMILES string of the molecule is CCSc1cccc(NCCN(C)C(C)CC)c1C(N)=S. The van der Waals surface area contributed by atoms with Gasteiger partial charge in [0.2, 0.25) is 0 Å². The molecule has 0 heterocycles. The lowest BCUT2D eigenvalue weighted by atomic mass is 10.1. The summed E-state index contributed by atoms with van der Waals surface area (Å²) in [5, 5.41) is 3.48. The lowest BCUT2D eigenvalue weighted by Gasteiger charge is -2.24. The molecular formula is C16H27N3S2. The van der Waals surface area contributed by atoms with Crippen LogP contribution in [0.2, 0.25) is 0 Å². The van der Waals surface area contributed by atoms with E-state index in [2.05, 4.69) is 56.2 Å². The van der Waals surface area contributed by atoms with Gasteiger partial charge >= 0.3 is 0 Å². The van der Waals surface area contributed by atoms with Crippen molar-refractivity contribution in [1.82, 2.24) is 4.90 Å². The van der Waals surface area contributed by atoms with Crippen LogP contribution in [-0.2, 0) is 0 Å². The highest BCUT2D eigenvalue weighted by molar-refractivity contribution is 7.99. The molecule has 118 valence electrons. The molecule has 3 N–H and O–H groups in total. The third kappa shape index (κ3) is 5.49. The second kappa shape index (κ2) is 9.28. The molecule has 1 unspecified atom stereocenters. The van der Waals surface area contributed by atoms with Crippen molar-refractivity contribution in [1.29, 1.82) is 0 Å². The van der Waals surface area contributed by atoms with Gasteiger partial charge in [0.1, 0.15) is 4.99 Å². The summed E-state index contributed by atoms with van der Waals surface area (Å²) in [6, 6.07) is 6.79. The number of hydrogen-bond donors (Lipinski definition) is 2. The van der Waals surface area contributed by atoms with Crippen molar-refractivity contribution >= 4 is 34.7 Å². The number of thioether (sulfide) groups is 1. The van der Waals surface area contributed by atoms with E-state index in [0.29, 0.717) is 11.0 Å². The summed E-state index contributed by atoms with van der Waals surface area (Å²) >= 11 is 7.00. The lowest BCUT2D eigenvalue weighted by molar-refractivity contribution is 0.261. The minimum absolute atomic E-state index is 0.462. The number of nitrogens with two attached hydrogens (primary N) is 1. The highest BCUT2D eigenvalue weighted by Crippen LogP contribution is 2.28. The highest BCUT2D eigenvalue weighted by Gasteiger charge is 2.11. The first-order valence-corrected chi connectivity index (χ1v) is 8.90. The lowest BCUT2D eigenvalue weighted by Crippen LogP contribution is -2.33. The van der Waals surface area contributed by atoms with Crippen LogP contribution in [0.4, 0.5) is 5.69 Å². The molecule has 0 aliphatic heterocycles. The first-order chi connectivity index (χ1) is 10.0. The largest absolute Gasteiger partial charge is 0.389 e. The maximum Gasteiger partial charge on any atom is 0.107 e. The van der Waals surface area contributed by atoms with Gasteiger partial charge in [-0.25, -0.2) is 0 Å². The first-order valence-electron chi connectivity index (χ1n) is 7.50. The van der Waals surface area contributed by atoms with Crippen molar-refractivity contribution in [2.45, 2.75) is 38.1 Å². The monoisotopic (exact) mass is 325 g/mol. The quantitative estimate of drug-likeness (QED) is 0.536. The van der Waals surface area contributed by atoms with E-state index in [0.717, 1.165) is 41.4 Å². The Bertz CT molecular complexity index is 463. The number of anilines is 1. The minimum Gasteiger partial charge on any atom is -0.389 e. The molecule has 0 amide bonds. The first kappa shape index (κ1) is 18.3. The van der Waals surface area contributed by atoms with Crippen molar-refractivity contribution in [2.75, 3.05) is 31.2 Å². The van der Waals surface area contributed by atoms with Gasteiger partial charge in [0.15, 0.2) is 0 Å². The molecule has 0 saturated carbocycles. The van der Waals surface area contributed by atoms with Crippen LogP contribution in [0.1, 0.15) is 32.8 Å². The van der Waals surface area contributed by atoms with E-state index in [9.17, 15) is 0 Å². The van der Waals surface area contributed by atoms with Gasteiger partial charge in [-0.3, -0.25) is 0 Å². The average Bonchev–Trinajstić information content (AvgIpc) is 2.46. The zero-order valence-corrected chi connectivity index (χ0v) is 15.1. The van der Waals surface area contributed by atoms with Gasteiger partial charge in [-0.2, -0.15) is 0 Å². The van der Waals surface area contributed by atoms with Crippen LogP contribution in [0.15, 0.2) is 23.1 Å².